The second-order valence-corrected chi connectivity index (χ2v) is 17.2. The molecule has 1 rings (SSSR count). The summed E-state index contributed by atoms with van der Waals surface area (Å²) in [5.41, 5.74) is 11.5. The highest BCUT2D eigenvalue weighted by molar-refractivity contribution is 7.92. The predicted octanol–water partition coefficient (Wildman–Crippen LogP) is 13.8. The van der Waals surface area contributed by atoms with Crippen molar-refractivity contribution in [1.29, 1.82) is 0 Å². The summed E-state index contributed by atoms with van der Waals surface area (Å²) in [6.45, 7) is 21.4. The third-order valence-corrected chi connectivity index (χ3v) is 11.8. The standard InChI is InChI=1S/C47H72O3S/c1-37(2)17-11-18-38(3)19-12-20-39(4)21-13-22-40(5)23-14-24-41(6)25-15-26-42(7)31-34-47(45(10)28-16-27-43(8)35-36-48)51(49,50)46-32-29-44(9)30-33-46/h17,19,21,23,25,28-33,35,47-48H,11-16,18,20,22,24,26-27,34,36H2,1-10H3/b38-19?,39-21?,40-23?,41-25?,42-31?,43-35+,45-28?. The molecule has 1 N–H and O–H groups in total. The molecule has 0 bridgehead atoms. The molecule has 0 saturated carbocycles. The molecule has 0 saturated heterocycles. The molecule has 51 heavy (non-hydrogen) atoms. The Morgan fingerprint density at radius 2 is 0.882 bits per heavy atom. The molecule has 0 radical (unpaired) electrons. The van der Waals surface area contributed by atoms with Gasteiger partial charge in [0, 0.05) is 0 Å². The van der Waals surface area contributed by atoms with Crippen LogP contribution in [0.2, 0.25) is 0 Å². The summed E-state index contributed by atoms with van der Waals surface area (Å²) >= 11 is 0. The quantitative estimate of drug-likeness (QED) is 0.108. The Balaban J connectivity index is 2.65. The van der Waals surface area contributed by atoms with Crippen molar-refractivity contribution in [2.45, 2.75) is 163 Å². The lowest BCUT2D eigenvalue weighted by Gasteiger charge is -2.18. The predicted molar refractivity (Wildman–Crippen MR) is 225 cm³/mol. The van der Waals surface area contributed by atoms with Gasteiger partial charge in [0.2, 0.25) is 0 Å². The van der Waals surface area contributed by atoms with Crippen LogP contribution in [-0.4, -0.2) is 25.4 Å². The van der Waals surface area contributed by atoms with Crippen LogP contribution in [0.15, 0.2) is 122 Å². The first-order chi connectivity index (χ1) is 24.1. The van der Waals surface area contributed by atoms with Crippen LogP contribution in [0.4, 0.5) is 0 Å². The fourth-order valence-corrected chi connectivity index (χ4v) is 7.74. The fraction of sp³-hybridized carbons (Fsp3) is 0.532. The number of hydrogen-bond acceptors (Lipinski definition) is 3. The number of hydrogen-bond donors (Lipinski definition) is 1. The molecule has 1 unspecified atom stereocenters. The van der Waals surface area contributed by atoms with Gasteiger partial charge in [-0.3, -0.25) is 0 Å². The molecule has 0 aliphatic carbocycles. The Kier molecular flexibility index (Phi) is 23.4. The summed E-state index contributed by atoms with van der Waals surface area (Å²) in [6, 6.07) is 7.20. The average molecular weight is 717 g/mol. The van der Waals surface area contributed by atoms with Gasteiger partial charge in [-0.15, -0.1) is 0 Å². The first-order valence-electron chi connectivity index (χ1n) is 19.3. The minimum Gasteiger partial charge on any atom is -0.392 e. The normalized spacial score (nSPS) is 15.0. The molecule has 0 aliphatic rings. The monoisotopic (exact) mass is 717 g/mol. The summed E-state index contributed by atoms with van der Waals surface area (Å²) < 4.78 is 27.6. The molecule has 0 spiro atoms. The number of rotatable bonds is 24. The van der Waals surface area contributed by atoms with Crippen LogP contribution >= 0.6 is 0 Å². The Morgan fingerprint density at radius 3 is 1.27 bits per heavy atom. The van der Waals surface area contributed by atoms with E-state index in [1.165, 1.54) is 33.4 Å². The molecule has 3 nitrogen and oxygen atoms in total. The Bertz CT molecular complexity index is 1530. The summed E-state index contributed by atoms with van der Waals surface area (Å²) in [6.07, 6.45) is 30.8. The Labute approximate surface area is 314 Å². The van der Waals surface area contributed by atoms with Crippen LogP contribution in [0.3, 0.4) is 0 Å². The van der Waals surface area contributed by atoms with Gasteiger partial charge in [-0.25, -0.2) is 8.42 Å². The van der Waals surface area contributed by atoms with E-state index in [9.17, 15) is 8.42 Å². The first kappa shape index (κ1) is 46.1. The van der Waals surface area contributed by atoms with Gasteiger partial charge in [-0.1, -0.05) is 111 Å². The van der Waals surface area contributed by atoms with E-state index >= 15 is 0 Å². The third kappa shape index (κ3) is 21.2. The van der Waals surface area contributed by atoms with Gasteiger partial charge in [-0.2, -0.15) is 0 Å². The van der Waals surface area contributed by atoms with Crippen molar-refractivity contribution in [3.8, 4) is 0 Å². The van der Waals surface area contributed by atoms with Crippen molar-refractivity contribution >= 4 is 9.84 Å². The molecular weight excluding hydrogens is 645 g/mol. The van der Waals surface area contributed by atoms with Crippen molar-refractivity contribution in [1.82, 2.24) is 0 Å². The SMILES string of the molecule is CC(C)=CCCC(C)=CCCC(C)=CCCC(C)=CCCC(C)=CCCC(C)=CCC(C(C)=CCC/C(C)=C/CO)S(=O)(=O)c1ccc(C)cc1. The van der Waals surface area contributed by atoms with Crippen LogP contribution in [0, 0.1) is 6.92 Å². The molecule has 1 atom stereocenters. The summed E-state index contributed by atoms with van der Waals surface area (Å²) in [4.78, 5) is 0.377. The van der Waals surface area contributed by atoms with Crippen molar-refractivity contribution in [2.75, 3.05) is 6.61 Å². The van der Waals surface area contributed by atoms with Crippen LogP contribution < -0.4 is 0 Å². The molecule has 0 aliphatic heterocycles. The van der Waals surface area contributed by atoms with E-state index in [4.69, 9.17) is 5.11 Å². The van der Waals surface area contributed by atoms with Crippen molar-refractivity contribution in [3.05, 3.63) is 123 Å². The Morgan fingerprint density at radius 1 is 0.529 bits per heavy atom. The van der Waals surface area contributed by atoms with Gasteiger partial charge in [0.25, 0.3) is 0 Å². The molecule has 1 aromatic rings. The van der Waals surface area contributed by atoms with Gasteiger partial charge in [0.15, 0.2) is 9.84 Å². The minimum absolute atomic E-state index is 0.0306. The smallest absolute Gasteiger partial charge is 0.185 e. The lowest BCUT2D eigenvalue weighted by molar-refractivity contribution is 0.341. The first-order valence-corrected chi connectivity index (χ1v) is 20.9. The van der Waals surface area contributed by atoms with Gasteiger partial charge in [0.05, 0.1) is 16.8 Å². The highest BCUT2D eigenvalue weighted by Crippen LogP contribution is 2.27. The number of sulfone groups is 1. The number of allylic oxidation sites excluding steroid dienone is 14. The summed E-state index contributed by atoms with van der Waals surface area (Å²) in [7, 11) is -3.54. The summed E-state index contributed by atoms with van der Waals surface area (Å²) in [5.74, 6) is 0. The third-order valence-electron chi connectivity index (χ3n) is 9.57. The van der Waals surface area contributed by atoms with Gasteiger partial charge in [-0.05, 0) is 165 Å². The van der Waals surface area contributed by atoms with E-state index in [0.29, 0.717) is 11.3 Å². The molecular formula is C47H72O3S. The van der Waals surface area contributed by atoms with Gasteiger partial charge >= 0.3 is 0 Å². The van der Waals surface area contributed by atoms with Crippen molar-refractivity contribution < 1.29 is 13.5 Å². The van der Waals surface area contributed by atoms with E-state index in [-0.39, 0.29) is 6.61 Å². The number of aliphatic hydroxyl groups excluding tert-OH is 1. The van der Waals surface area contributed by atoms with Crippen LogP contribution in [0.25, 0.3) is 0 Å². The largest absolute Gasteiger partial charge is 0.392 e. The van der Waals surface area contributed by atoms with Crippen LogP contribution in [-0.2, 0) is 9.84 Å². The maximum Gasteiger partial charge on any atom is 0.185 e. The second-order valence-electron chi connectivity index (χ2n) is 15.0. The Hall–Kier alpha value is -2.95. The minimum atomic E-state index is -3.54. The van der Waals surface area contributed by atoms with Crippen molar-refractivity contribution in [2.24, 2.45) is 0 Å². The molecule has 4 heteroatoms. The van der Waals surface area contributed by atoms with Gasteiger partial charge in [0.1, 0.15) is 0 Å². The van der Waals surface area contributed by atoms with Gasteiger partial charge < -0.3 is 5.11 Å². The summed E-state index contributed by atoms with van der Waals surface area (Å²) in [5, 5.41) is 8.56. The zero-order chi connectivity index (χ0) is 38.2. The number of aryl methyl sites for hydroxylation is 1. The average Bonchev–Trinajstić information content (AvgIpc) is 3.05. The van der Waals surface area contributed by atoms with Crippen LogP contribution in [0.5, 0.6) is 0 Å². The lowest BCUT2D eigenvalue weighted by Crippen LogP contribution is -2.22. The highest BCUT2D eigenvalue weighted by Gasteiger charge is 2.28. The van der Waals surface area contributed by atoms with Crippen LogP contribution in [0.1, 0.15) is 151 Å². The zero-order valence-corrected chi connectivity index (χ0v) is 34.9. The highest BCUT2D eigenvalue weighted by atomic mass is 32.2. The lowest BCUT2D eigenvalue weighted by atomic mass is 10.0. The fourth-order valence-electron chi connectivity index (χ4n) is 5.96. The number of aliphatic hydroxyl groups is 1. The van der Waals surface area contributed by atoms with E-state index < -0.39 is 15.1 Å². The topological polar surface area (TPSA) is 54.4 Å². The zero-order valence-electron chi connectivity index (χ0n) is 34.1. The van der Waals surface area contributed by atoms with E-state index in [1.54, 1.807) is 18.2 Å². The van der Waals surface area contributed by atoms with E-state index in [1.807, 2.05) is 32.9 Å². The molecule has 0 heterocycles. The maximum absolute atomic E-state index is 13.8. The molecule has 0 amide bonds. The van der Waals surface area contributed by atoms with Crippen molar-refractivity contribution in [3.63, 3.8) is 0 Å². The number of benzene rings is 1. The second kappa shape index (κ2) is 25.9. The molecule has 0 fully saturated rings. The van der Waals surface area contributed by atoms with E-state index in [2.05, 4.69) is 91.0 Å². The molecule has 0 aromatic heterocycles. The van der Waals surface area contributed by atoms with E-state index in [0.717, 1.165) is 93.8 Å². The molecule has 1 aromatic carbocycles. The maximum atomic E-state index is 13.8. The molecule has 284 valence electrons.